The van der Waals surface area contributed by atoms with Gasteiger partial charge in [-0.1, -0.05) is 0 Å². The minimum absolute atomic E-state index is 0.716. The fraction of sp³-hybridized carbons (Fsp3) is 1.00. The largest absolute Gasteiger partial charge is 0.374 e. The van der Waals surface area contributed by atoms with Gasteiger partial charge in [-0.25, -0.2) is 0 Å². The Morgan fingerprint density at radius 2 is 1.57 bits per heavy atom. The molecule has 0 aromatic carbocycles. The van der Waals surface area contributed by atoms with Crippen molar-refractivity contribution in [3.8, 4) is 0 Å². The van der Waals surface area contributed by atoms with Crippen LogP contribution in [0.5, 0.6) is 0 Å². The summed E-state index contributed by atoms with van der Waals surface area (Å²) in [5, 5.41) is 0. The molecule has 0 aromatic heterocycles. The fourth-order valence-corrected chi connectivity index (χ4v) is 0.602. The highest BCUT2D eigenvalue weighted by molar-refractivity contribution is 7.98. The van der Waals surface area contributed by atoms with Crippen LogP contribution in [0.25, 0.3) is 0 Å². The summed E-state index contributed by atoms with van der Waals surface area (Å²) in [6, 6.07) is 0. The summed E-state index contributed by atoms with van der Waals surface area (Å²) in [7, 11) is 3.34. The third-order valence-corrected chi connectivity index (χ3v) is 1.21. The van der Waals surface area contributed by atoms with Crippen molar-refractivity contribution < 1.29 is 9.47 Å². The molecule has 0 unspecified atom stereocenters. The van der Waals surface area contributed by atoms with Gasteiger partial charge in [-0.3, -0.25) is 0 Å². The zero-order valence-electron chi connectivity index (χ0n) is 4.64. The van der Waals surface area contributed by atoms with Gasteiger partial charge in [0.1, 0.15) is 0 Å². The molecule has 2 nitrogen and oxygen atoms in total. The lowest BCUT2D eigenvalue weighted by molar-refractivity contribution is 0.241. The quantitative estimate of drug-likeness (QED) is 0.408. The first-order valence-electron chi connectivity index (χ1n) is 1.97. The maximum absolute atomic E-state index is 4.73. The van der Waals surface area contributed by atoms with E-state index in [-0.39, 0.29) is 0 Å². The Kier molecular flexibility index (Phi) is 6.51. The molecule has 0 bridgehead atoms. The summed E-state index contributed by atoms with van der Waals surface area (Å²) in [4.78, 5) is 0. The molecule has 0 spiro atoms. The molecular weight excluding hydrogens is 112 g/mol. The van der Waals surface area contributed by atoms with Crippen molar-refractivity contribution in [3.05, 3.63) is 0 Å². The molecule has 0 aliphatic rings. The van der Waals surface area contributed by atoms with Crippen LogP contribution in [-0.4, -0.2) is 26.1 Å². The molecule has 0 radical (unpaired) electrons. The van der Waals surface area contributed by atoms with Gasteiger partial charge in [0.15, 0.2) is 0 Å². The molecular formula is C4H10O2S. The molecule has 0 N–H and O–H groups in total. The van der Waals surface area contributed by atoms with Gasteiger partial charge in [-0.2, -0.15) is 0 Å². The van der Waals surface area contributed by atoms with Crippen LogP contribution < -0.4 is 0 Å². The van der Waals surface area contributed by atoms with Gasteiger partial charge in [0.2, 0.25) is 0 Å². The Bertz CT molecular complexity index is 28.9. The summed E-state index contributed by atoms with van der Waals surface area (Å²) in [5.41, 5.74) is 0. The van der Waals surface area contributed by atoms with Gasteiger partial charge in [-0.15, -0.1) is 11.8 Å². The summed E-state index contributed by atoms with van der Waals surface area (Å²) >= 11 is 1.61. The minimum atomic E-state index is 0.716. The molecule has 0 heterocycles. The number of ether oxygens (including phenoxy) is 2. The molecule has 0 aliphatic carbocycles. The van der Waals surface area contributed by atoms with E-state index < -0.39 is 0 Å². The normalized spacial score (nSPS) is 9.43. The van der Waals surface area contributed by atoms with E-state index >= 15 is 0 Å². The lowest BCUT2D eigenvalue weighted by Gasteiger charge is -1.94. The fourth-order valence-electron chi connectivity index (χ4n) is 0.201. The molecule has 3 heteroatoms. The smallest absolute Gasteiger partial charge is 0.0939 e. The molecule has 0 amide bonds. The number of hydrogen-bond donors (Lipinski definition) is 0. The molecule has 0 fully saturated rings. The maximum atomic E-state index is 4.73. The van der Waals surface area contributed by atoms with Gasteiger partial charge >= 0.3 is 0 Å². The lowest BCUT2D eigenvalue weighted by Crippen LogP contribution is -1.85. The number of methoxy groups -OCH3 is 2. The third kappa shape index (κ3) is 6.27. The van der Waals surface area contributed by atoms with Crippen LogP contribution in [0.3, 0.4) is 0 Å². The predicted octanol–water partition coefficient (Wildman–Crippen LogP) is 0.927. The molecule has 0 saturated carbocycles. The number of hydrogen-bond acceptors (Lipinski definition) is 3. The molecule has 0 atom stereocenters. The van der Waals surface area contributed by atoms with Crippen LogP contribution in [0.2, 0.25) is 0 Å². The highest BCUT2D eigenvalue weighted by Crippen LogP contribution is 1.96. The Morgan fingerprint density at radius 3 is 1.86 bits per heavy atom. The van der Waals surface area contributed by atoms with E-state index in [1.807, 2.05) is 0 Å². The minimum Gasteiger partial charge on any atom is -0.374 e. The Balaban J connectivity index is 2.45. The Hall–Kier alpha value is 0.270. The van der Waals surface area contributed by atoms with Gasteiger partial charge < -0.3 is 9.47 Å². The van der Waals surface area contributed by atoms with Crippen molar-refractivity contribution >= 4 is 11.8 Å². The SMILES string of the molecule is COCSCOC. The second-order valence-electron chi connectivity index (χ2n) is 1.02. The standard InChI is InChI=1S/C4H10O2S/c1-5-3-7-4-6-2/h3-4H2,1-2H3. The zero-order chi connectivity index (χ0) is 5.54. The summed E-state index contributed by atoms with van der Waals surface area (Å²) in [6.45, 7) is 0. The van der Waals surface area contributed by atoms with Crippen molar-refractivity contribution in [2.24, 2.45) is 0 Å². The van der Waals surface area contributed by atoms with Crippen LogP contribution in [0.15, 0.2) is 0 Å². The van der Waals surface area contributed by atoms with E-state index in [2.05, 4.69) is 0 Å². The maximum Gasteiger partial charge on any atom is 0.0939 e. The Labute approximate surface area is 48.2 Å². The highest BCUT2D eigenvalue weighted by Gasteiger charge is 1.79. The summed E-state index contributed by atoms with van der Waals surface area (Å²) in [6.07, 6.45) is 0. The molecule has 0 aliphatic heterocycles. The van der Waals surface area contributed by atoms with E-state index in [4.69, 9.17) is 9.47 Å². The molecule has 0 saturated heterocycles. The second kappa shape index (κ2) is 6.27. The van der Waals surface area contributed by atoms with Crippen LogP contribution in [-0.2, 0) is 9.47 Å². The van der Waals surface area contributed by atoms with E-state index in [0.717, 1.165) is 0 Å². The number of rotatable bonds is 4. The topological polar surface area (TPSA) is 18.5 Å². The first-order valence-corrected chi connectivity index (χ1v) is 3.13. The zero-order valence-corrected chi connectivity index (χ0v) is 5.46. The molecule has 7 heavy (non-hydrogen) atoms. The highest BCUT2D eigenvalue weighted by atomic mass is 32.2. The lowest BCUT2D eigenvalue weighted by atomic mass is 11.5. The average molecular weight is 122 g/mol. The van der Waals surface area contributed by atoms with Crippen molar-refractivity contribution in [2.75, 3.05) is 26.1 Å². The van der Waals surface area contributed by atoms with Crippen LogP contribution >= 0.6 is 11.8 Å². The first-order chi connectivity index (χ1) is 3.41. The second-order valence-corrected chi connectivity index (χ2v) is 1.90. The Morgan fingerprint density at radius 1 is 1.14 bits per heavy atom. The van der Waals surface area contributed by atoms with E-state index in [9.17, 15) is 0 Å². The number of thioether (sulfide) groups is 1. The summed E-state index contributed by atoms with van der Waals surface area (Å²) < 4.78 is 9.45. The van der Waals surface area contributed by atoms with Crippen LogP contribution in [0.4, 0.5) is 0 Å². The van der Waals surface area contributed by atoms with Gasteiger partial charge in [0, 0.05) is 14.2 Å². The predicted molar refractivity (Wildman–Crippen MR) is 31.3 cm³/mol. The van der Waals surface area contributed by atoms with Crippen molar-refractivity contribution in [3.63, 3.8) is 0 Å². The van der Waals surface area contributed by atoms with Gasteiger partial charge in [-0.05, 0) is 0 Å². The molecule has 0 rings (SSSR count). The van der Waals surface area contributed by atoms with E-state index in [0.29, 0.717) is 11.9 Å². The molecule has 44 valence electrons. The average Bonchev–Trinajstić information content (AvgIpc) is 1.69. The van der Waals surface area contributed by atoms with Gasteiger partial charge in [0.25, 0.3) is 0 Å². The van der Waals surface area contributed by atoms with Crippen molar-refractivity contribution in [2.45, 2.75) is 0 Å². The molecule has 0 aromatic rings. The van der Waals surface area contributed by atoms with E-state index in [1.165, 1.54) is 0 Å². The first kappa shape index (κ1) is 7.27. The van der Waals surface area contributed by atoms with Crippen molar-refractivity contribution in [1.82, 2.24) is 0 Å². The summed E-state index contributed by atoms with van der Waals surface area (Å²) in [5.74, 6) is 1.43. The third-order valence-electron chi connectivity index (χ3n) is 0.402. The van der Waals surface area contributed by atoms with Gasteiger partial charge in [0.05, 0.1) is 11.9 Å². The van der Waals surface area contributed by atoms with E-state index in [1.54, 1.807) is 26.0 Å². The van der Waals surface area contributed by atoms with Crippen LogP contribution in [0.1, 0.15) is 0 Å². The monoisotopic (exact) mass is 122 g/mol. The van der Waals surface area contributed by atoms with Crippen molar-refractivity contribution in [1.29, 1.82) is 0 Å². The van der Waals surface area contributed by atoms with Crippen LogP contribution in [0, 0.1) is 0 Å².